The van der Waals surface area contributed by atoms with E-state index in [0.29, 0.717) is 35.5 Å². The fraction of sp³-hybridized carbons (Fsp3) is 0.949. The Kier molecular flexibility index (Phi) is 9.83. The quantitative estimate of drug-likeness (QED) is 0.229. The molecule has 8 aliphatic rings. The zero-order chi connectivity index (χ0) is 36.2. The third kappa shape index (κ3) is 5.84. The molecular formula is C39H62O12. The molecule has 0 radical (unpaired) electrons. The van der Waals surface area contributed by atoms with E-state index >= 15 is 0 Å². The molecular weight excluding hydrogens is 660 g/mol. The summed E-state index contributed by atoms with van der Waals surface area (Å²) in [5.74, 6) is 2.99. The minimum absolute atomic E-state index is 0.0757. The smallest absolute Gasteiger partial charge is 0.187 e. The molecule has 21 atom stereocenters. The summed E-state index contributed by atoms with van der Waals surface area (Å²) in [6.45, 7) is 11.5. The maximum absolute atomic E-state index is 11.1. The highest BCUT2D eigenvalue weighted by Gasteiger charge is 2.68. The second kappa shape index (κ2) is 13.5. The lowest BCUT2D eigenvalue weighted by Gasteiger charge is -2.58. The molecule has 290 valence electrons. The summed E-state index contributed by atoms with van der Waals surface area (Å²) in [5.41, 5.74) is 1.75. The number of rotatable bonds is 5. The Bertz CT molecular complexity index is 1300. The van der Waals surface area contributed by atoms with Crippen molar-refractivity contribution in [1.82, 2.24) is 0 Å². The van der Waals surface area contributed by atoms with E-state index < -0.39 is 73.8 Å². The van der Waals surface area contributed by atoms with E-state index in [9.17, 15) is 30.6 Å². The molecule has 4 aliphatic heterocycles. The summed E-state index contributed by atoms with van der Waals surface area (Å²) < 4.78 is 37.1. The molecule has 4 heterocycles. The van der Waals surface area contributed by atoms with Gasteiger partial charge in [0, 0.05) is 12.3 Å². The topological polar surface area (TPSA) is 177 Å². The van der Waals surface area contributed by atoms with E-state index in [1.807, 2.05) is 0 Å². The molecule has 0 aromatic carbocycles. The zero-order valence-electron chi connectivity index (χ0n) is 30.9. The van der Waals surface area contributed by atoms with Crippen molar-refractivity contribution in [3.8, 4) is 0 Å². The summed E-state index contributed by atoms with van der Waals surface area (Å²) in [7, 11) is 0. The van der Waals surface area contributed by atoms with E-state index in [4.69, 9.17) is 28.4 Å². The van der Waals surface area contributed by atoms with Gasteiger partial charge in [0.05, 0.1) is 31.5 Å². The second-order valence-corrected chi connectivity index (χ2v) is 18.3. The highest BCUT2D eigenvalue weighted by molar-refractivity contribution is 5.26. The number of fused-ring (bicyclic) bond motifs is 7. The molecule has 4 saturated heterocycles. The van der Waals surface area contributed by atoms with Crippen molar-refractivity contribution < 1.29 is 59.1 Å². The number of hydrogen-bond donors (Lipinski definition) is 6. The molecule has 12 nitrogen and oxygen atoms in total. The van der Waals surface area contributed by atoms with E-state index in [0.717, 1.165) is 45.1 Å². The molecule has 0 aromatic rings. The molecule has 3 saturated carbocycles. The molecule has 1 spiro atoms. The highest BCUT2D eigenvalue weighted by Crippen LogP contribution is 2.70. The molecule has 8 rings (SSSR count). The van der Waals surface area contributed by atoms with Gasteiger partial charge in [0.2, 0.25) is 0 Å². The van der Waals surface area contributed by atoms with Gasteiger partial charge in [-0.25, -0.2) is 0 Å². The summed E-state index contributed by atoms with van der Waals surface area (Å²) in [4.78, 5) is 0. The first-order chi connectivity index (χ1) is 24.2. The third-order valence-electron chi connectivity index (χ3n) is 15.6. The maximum Gasteiger partial charge on any atom is 0.187 e. The minimum Gasteiger partial charge on any atom is -0.394 e. The average molecular weight is 723 g/mol. The van der Waals surface area contributed by atoms with Crippen LogP contribution in [-0.2, 0) is 28.4 Å². The highest BCUT2D eigenvalue weighted by atomic mass is 16.7. The Morgan fingerprint density at radius 3 is 2.29 bits per heavy atom. The van der Waals surface area contributed by atoms with Gasteiger partial charge in [-0.15, -0.1) is 0 Å². The Morgan fingerprint density at radius 1 is 0.824 bits per heavy atom. The van der Waals surface area contributed by atoms with Gasteiger partial charge in [0.15, 0.2) is 18.4 Å². The van der Waals surface area contributed by atoms with Crippen molar-refractivity contribution in [2.45, 2.75) is 172 Å². The summed E-state index contributed by atoms with van der Waals surface area (Å²) in [6.07, 6.45) is -1.53. The normalized spacial score (nSPS) is 58.4. The van der Waals surface area contributed by atoms with Gasteiger partial charge in [-0.05, 0) is 98.7 Å². The lowest BCUT2D eigenvalue weighted by Crippen LogP contribution is -2.64. The minimum atomic E-state index is -1.61. The lowest BCUT2D eigenvalue weighted by atomic mass is 9.47. The standard InChI is InChI=1S/C39H62O12/c1-18-8-13-39(46-17-18)19(2)28-26(51-39)15-25-23-7-6-21-14-22(9-11-37(21,4)24(23)10-12-38(25,28)5)48-36-33(45)31(43)34(27(16-40)49-36)50-35-32(44)30(42)29(41)20(3)47-35/h6,18-20,22-36,40-45H,7-17H2,1-5H3/t18?,19?,20-,22-,23?,24?,25?,26?,27+,28?,29+,30+,31+,32+,33+,34+,35-,36+,37-,38-,39?/m0/s1. The first-order valence-corrected chi connectivity index (χ1v) is 19.8. The molecule has 0 amide bonds. The van der Waals surface area contributed by atoms with Gasteiger partial charge in [-0.2, -0.15) is 0 Å². The molecule has 8 unspecified atom stereocenters. The maximum atomic E-state index is 11.1. The number of allylic oxidation sites excluding steroid dienone is 1. The summed E-state index contributed by atoms with van der Waals surface area (Å²) in [6, 6.07) is 0. The molecule has 6 N–H and O–H groups in total. The average Bonchev–Trinajstić information content (AvgIpc) is 3.56. The van der Waals surface area contributed by atoms with Crippen molar-refractivity contribution in [2.75, 3.05) is 13.2 Å². The van der Waals surface area contributed by atoms with Crippen molar-refractivity contribution >= 4 is 0 Å². The van der Waals surface area contributed by atoms with E-state index in [1.165, 1.54) is 31.8 Å². The molecule has 12 heteroatoms. The van der Waals surface area contributed by atoms with Gasteiger partial charge >= 0.3 is 0 Å². The molecule has 0 bridgehead atoms. The van der Waals surface area contributed by atoms with Crippen LogP contribution in [0.5, 0.6) is 0 Å². The van der Waals surface area contributed by atoms with Crippen LogP contribution in [0.3, 0.4) is 0 Å². The van der Waals surface area contributed by atoms with Crippen LogP contribution in [0.15, 0.2) is 11.6 Å². The molecule has 7 fully saturated rings. The molecule has 0 aromatic heterocycles. The van der Waals surface area contributed by atoms with Crippen LogP contribution >= 0.6 is 0 Å². The van der Waals surface area contributed by atoms with Crippen LogP contribution in [0.25, 0.3) is 0 Å². The van der Waals surface area contributed by atoms with Crippen molar-refractivity contribution in [2.24, 2.45) is 46.3 Å². The van der Waals surface area contributed by atoms with E-state index in [2.05, 4.69) is 33.8 Å². The Morgan fingerprint density at radius 2 is 1.57 bits per heavy atom. The summed E-state index contributed by atoms with van der Waals surface area (Å²) >= 11 is 0. The Labute approximate surface area is 301 Å². The zero-order valence-corrected chi connectivity index (χ0v) is 30.9. The van der Waals surface area contributed by atoms with Crippen molar-refractivity contribution in [1.29, 1.82) is 0 Å². The summed E-state index contributed by atoms with van der Waals surface area (Å²) in [5, 5.41) is 63.1. The first-order valence-electron chi connectivity index (χ1n) is 19.8. The van der Waals surface area contributed by atoms with Crippen molar-refractivity contribution in [3.05, 3.63) is 11.6 Å². The van der Waals surface area contributed by atoms with Gasteiger partial charge in [0.1, 0.15) is 42.7 Å². The van der Waals surface area contributed by atoms with Crippen LogP contribution in [0.2, 0.25) is 0 Å². The number of ether oxygens (including phenoxy) is 6. The van der Waals surface area contributed by atoms with E-state index in [-0.39, 0.29) is 23.0 Å². The van der Waals surface area contributed by atoms with Crippen LogP contribution in [0.1, 0.15) is 92.4 Å². The van der Waals surface area contributed by atoms with E-state index in [1.54, 1.807) is 0 Å². The third-order valence-corrected chi connectivity index (χ3v) is 15.6. The lowest BCUT2D eigenvalue weighted by molar-refractivity contribution is -0.360. The van der Waals surface area contributed by atoms with Crippen LogP contribution in [0, 0.1) is 46.3 Å². The van der Waals surface area contributed by atoms with Crippen molar-refractivity contribution in [3.63, 3.8) is 0 Å². The fourth-order valence-corrected chi connectivity index (χ4v) is 12.6. The fourth-order valence-electron chi connectivity index (χ4n) is 12.6. The Balaban J connectivity index is 0.915. The van der Waals surface area contributed by atoms with Crippen LogP contribution in [0.4, 0.5) is 0 Å². The number of aliphatic hydroxyl groups is 6. The second-order valence-electron chi connectivity index (χ2n) is 18.3. The first kappa shape index (κ1) is 37.2. The largest absolute Gasteiger partial charge is 0.394 e. The number of aliphatic hydroxyl groups excluding tert-OH is 6. The molecule has 4 aliphatic carbocycles. The number of hydrogen-bond acceptors (Lipinski definition) is 12. The van der Waals surface area contributed by atoms with Gasteiger partial charge in [-0.1, -0.05) is 39.3 Å². The van der Waals surface area contributed by atoms with Gasteiger partial charge in [0.25, 0.3) is 0 Å². The Hall–Kier alpha value is -0.740. The predicted octanol–water partition coefficient (Wildman–Crippen LogP) is 2.39. The van der Waals surface area contributed by atoms with Crippen LogP contribution in [-0.4, -0.2) is 123 Å². The SMILES string of the molecule is CC1CCC2(OC1)OC1CC3C4CC=C5C[C@@H](O[C@@H]6O[C@H](CO)[C@@H](O[C@@H]7O[C@@H](C)[C@@H](O)[C@@H](O)[C@H]7O)[C@H](O)[C@H]6O)CC[C@]5(C)C4CC[C@]3(C)C1C2C. The monoisotopic (exact) mass is 722 g/mol. The van der Waals surface area contributed by atoms with Crippen LogP contribution < -0.4 is 0 Å². The van der Waals surface area contributed by atoms with Gasteiger partial charge in [-0.3, -0.25) is 0 Å². The predicted molar refractivity (Wildman–Crippen MR) is 182 cm³/mol. The van der Waals surface area contributed by atoms with Gasteiger partial charge < -0.3 is 59.1 Å². The molecule has 51 heavy (non-hydrogen) atoms.